The van der Waals surface area contributed by atoms with E-state index in [1.165, 1.54) is 18.2 Å². The Bertz CT molecular complexity index is 1100. The summed E-state index contributed by atoms with van der Waals surface area (Å²) in [6, 6.07) is 7.57. The maximum atomic E-state index is 12.9. The first kappa shape index (κ1) is 20.8. The third-order valence-corrected chi connectivity index (χ3v) is 3.83. The van der Waals surface area contributed by atoms with Gasteiger partial charge in [-0.1, -0.05) is 6.07 Å². The topological polar surface area (TPSA) is 120 Å². The predicted molar refractivity (Wildman–Crippen MR) is 95.9 cm³/mol. The molecule has 0 unspecified atom stereocenters. The van der Waals surface area contributed by atoms with Crippen molar-refractivity contribution in [3.05, 3.63) is 63.8 Å². The van der Waals surface area contributed by atoms with Gasteiger partial charge in [-0.2, -0.15) is 23.5 Å². The number of carbonyl (C=O) groups excluding carboxylic acids is 1. The summed E-state index contributed by atoms with van der Waals surface area (Å²) in [7, 11) is 0. The molecule has 0 amide bonds. The van der Waals surface area contributed by atoms with Crippen LogP contribution in [0.1, 0.15) is 23.0 Å². The van der Waals surface area contributed by atoms with E-state index in [9.17, 15) is 28.1 Å². The van der Waals surface area contributed by atoms with Gasteiger partial charge in [-0.3, -0.25) is 10.1 Å². The van der Waals surface area contributed by atoms with Gasteiger partial charge in [-0.15, -0.1) is 5.10 Å². The average Bonchev–Trinajstić information content (AvgIpc) is 3.18. The number of hydrogen-bond acceptors (Lipinski definition) is 7. The molecule has 1 aromatic heterocycles. The van der Waals surface area contributed by atoms with Gasteiger partial charge >= 0.3 is 17.8 Å². The van der Waals surface area contributed by atoms with Crippen LogP contribution in [0, 0.1) is 10.1 Å². The van der Waals surface area contributed by atoms with E-state index in [2.05, 4.69) is 15.4 Å². The fourth-order valence-corrected chi connectivity index (χ4v) is 2.53. The van der Waals surface area contributed by atoms with Crippen molar-refractivity contribution in [3.8, 4) is 22.8 Å². The summed E-state index contributed by atoms with van der Waals surface area (Å²) in [4.78, 5) is 22.7. The molecule has 0 saturated carbocycles. The number of ether oxygens (including phenoxy) is 2. The molecule has 9 nitrogen and oxygen atoms in total. The number of aromatic amines is 1. The van der Waals surface area contributed by atoms with Crippen LogP contribution < -0.4 is 4.74 Å². The summed E-state index contributed by atoms with van der Waals surface area (Å²) in [5.74, 6) is -1.29. The molecule has 12 heteroatoms. The van der Waals surface area contributed by atoms with Crippen molar-refractivity contribution in [2.75, 3.05) is 6.61 Å². The number of rotatable bonds is 6. The van der Waals surface area contributed by atoms with Gasteiger partial charge in [-0.25, -0.2) is 4.79 Å². The number of nitrogens with zero attached hydrogens (tertiary/aromatic N) is 3. The number of nitro benzene ring substituents is 1. The molecule has 1 heterocycles. The second kappa shape index (κ2) is 8.19. The highest BCUT2D eigenvalue weighted by Crippen LogP contribution is 2.37. The quantitative estimate of drug-likeness (QED) is 0.356. The number of H-pyrrole nitrogens is 1. The zero-order chi connectivity index (χ0) is 21.9. The molecule has 0 bridgehead atoms. The fourth-order valence-electron chi connectivity index (χ4n) is 2.53. The van der Waals surface area contributed by atoms with Gasteiger partial charge < -0.3 is 9.47 Å². The molecule has 0 aliphatic heterocycles. The number of nitrogens with one attached hydrogen (secondary N) is 1. The van der Waals surface area contributed by atoms with Crippen molar-refractivity contribution in [2.45, 2.75) is 13.1 Å². The summed E-state index contributed by atoms with van der Waals surface area (Å²) < 4.78 is 48.8. The van der Waals surface area contributed by atoms with Crippen LogP contribution in [0.3, 0.4) is 0 Å². The Morgan fingerprint density at radius 1 is 1.20 bits per heavy atom. The molecule has 3 rings (SSSR count). The zero-order valence-electron chi connectivity index (χ0n) is 15.3. The van der Waals surface area contributed by atoms with Gasteiger partial charge in [0.25, 0.3) is 0 Å². The van der Waals surface area contributed by atoms with Crippen LogP contribution in [0.4, 0.5) is 18.9 Å². The van der Waals surface area contributed by atoms with E-state index in [0.29, 0.717) is 0 Å². The minimum Gasteiger partial charge on any atom is -0.461 e. The maximum Gasteiger partial charge on any atom is 0.416 e. The first-order valence-electron chi connectivity index (χ1n) is 8.42. The van der Waals surface area contributed by atoms with Crippen LogP contribution in [0.25, 0.3) is 11.3 Å². The monoisotopic (exact) mass is 422 g/mol. The summed E-state index contributed by atoms with van der Waals surface area (Å²) in [5.41, 5.74) is -1.49. The van der Waals surface area contributed by atoms with Crippen molar-refractivity contribution < 1.29 is 32.4 Å². The second-order valence-electron chi connectivity index (χ2n) is 5.81. The molecule has 0 fully saturated rings. The second-order valence-corrected chi connectivity index (χ2v) is 5.81. The Hall–Kier alpha value is -3.96. The van der Waals surface area contributed by atoms with Crippen LogP contribution >= 0.6 is 0 Å². The summed E-state index contributed by atoms with van der Waals surface area (Å²) in [6.07, 6.45) is -4.59. The molecule has 156 valence electrons. The average molecular weight is 422 g/mol. The van der Waals surface area contributed by atoms with E-state index in [0.717, 1.165) is 24.3 Å². The van der Waals surface area contributed by atoms with Crippen LogP contribution in [0.5, 0.6) is 11.5 Å². The molecule has 0 atom stereocenters. The number of esters is 1. The molecular formula is C18H13F3N4O5. The van der Waals surface area contributed by atoms with Crippen LogP contribution in [0.2, 0.25) is 0 Å². The summed E-state index contributed by atoms with van der Waals surface area (Å²) >= 11 is 0. The largest absolute Gasteiger partial charge is 0.461 e. The van der Waals surface area contributed by atoms with Crippen molar-refractivity contribution in [1.29, 1.82) is 0 Å². The minimum absolute atomic E-state index is 0.0159. The Balaban J connectivity index is 1.97. The predicted octanol–water partition coefficient (Wildman–Crippen LogP) is 4.37. The van der Waals surface area contributed by atoms with E-state index < -0.39 is 28.3 Å². The Kier molecular flexibility index (Phi) is 5.67. The third-order valence-electron chi connectivity index (χ3n) is 3.83. The number of aromatic nitrogens is 3. The summed E-state index contributed by atoms with van der Waals surface area (Å²) in [6.45, 7) is 1.69. The molecular weight excluding hydrogens is 409 g/mol. The lowest BCUT2D eigenvalue weighted by atomic mass is 10.1. The molecule has 1 N–H and O–H groups in total. The van der Waals surface area contributed by atoms with Gasteiger partial charge in [0, 0.05) is 11.6 Å². The van der Waals surface area contributed by atoms with Gasteiger partial charge in [0.2, 0.25) is 5.75 Å². The van der Waals surface area contributed by atoms with Crippen molar-refractivity contribution in [1.82, 2.24) is 15.4 Å². The Labute approximate surface area is 166 Å². The highest BCUT2D eigenvalue weighted by Gasteiger charge is 2.31. The smallest absolute Gasteiger partial charge is 0.416 e. The lowest BCUT2D eigenvalue weighted by molar-refractivity contribution is -0.385. The lowest BCUT2D eigenvalue weighted by Crippen LogP contribution is -2.07. The van der Waals surface area contributed by atoms with E-state index in [4.69, 9.17) is 9.47 Å². The first-order chi connectivity index (χ1) is 14.2. The molecule has 3 aromatic rings. The molecule has 0 aliphatic carbocycles. The van der Waals surface area contributed by atoms with Crippen LogP contribution in [-0.2, 0) is 10.9 Å². The number of halogens is 3. The van der Waals surface area contributed by atoms with Crippen LogP contribution in [-0.4, -0.2) is 32.9 Å². The number of alkyl halides is 3. The van der Waals surface area contributed by atoms with E-state index in [-0.39, 0.29) is 35.1 Å². The first-order valence-corrected chi connectivity index (χ1v) is 8.42. The zero-order valence-corrected chi connectivity index (χ0v) is 15.3. The normalized spacial score (nSPS) is 11.2. The number of hydrogen-bond donors (Lipinski definition) is 1. The van der Waals surface area contributed by atoms with E-state index in [1.807, 2.05) is 0 Å². The Morgan fingerprint density at radius 3 is 2.63 bits per heavy atom. The van der Waals surface area contributed by atoms with Gasteiger partial charge in [0.15, 0.2) is 5.69 Å². The standard InChI is InChI=1S/C18H13F3N4O5/c1-2-29-17(26)16-15(22-24-23-16)10-6-7-14(13(8-10)25(27)28)30-12-5-3-4-11(9-12)18(19,20)21/h3-9H,2H2,1H3,(H,22,23,24). The molecule has 2 aromatic carbocycles. The fraction of sp³-hybridized carbons (Fsp3) is 0.167. The van der Waals surface area contributed by atoms with E-state index >= 15 is 0 Å². The van der Waals surface area contributed by atoms with E-state index in [1.54, 1.807) is 6.92 Å². The molecule has 0 aliphatic rings. The van der Waals surface area contributed by atoms with Crippen LogP contribution in [0.15, 0.2) is 42.5 Å². The summed E-state index contributed by atoms with van der Waals surface area (Å²) in [5, 5.41) is 21.2. The Morgan fingerprint density at radius 2 is 1.97 bits per heavy atom. The van der Waals surface area contributed by atoms with Gasteiger partial charge in [0.1, 0.15) is 11.4 Å². The maximum absolute atomic E-state index is 12.9. The minimum atomic E-state index is -4.59. The molecule has 0 radical (unpaired) electrons. The highest BCUT2D eigenvalue weighted by atomic mass is 19.4. The van der Waals surface area contributed by atoms with Crippen molar-refractivity contribution in [2.24, 2.45) is 0 Å². The molecule has 0 spiro atoms. The highest BCUT2D eigenvalue weighted by molar-refractivity contribution is 5.94. The number of carbonyl (C=O) groups is 1. The molecule has 0 saturated heterocycles. The molecule has 30 heavy (non-hydrogen) atoms. The number of benzene rings is 2. The van der Waals surface area contributed by atoms with Crippen molar-refractivity contribution >= 4 is 11.7 Å². The SMILES string of the molecule is CCOC(=O)c1n[nH]nc1-c1ccc(Oc2cccc(C(F)(F)F)c2)c([N+](=O)[O-])c1. The number of nitro groups is 1. The van der Waals surface area contributed by atoms with Gasteiger partial charge in [0.05, 0.1) is 17.1 Å². The lowest BCUT2D eigenvalue weighted by Gasteiger charge is -2.10. The van der Waals surface area contributed by atoms with Crippen molar-refractivity contribution in [3.63, 3.8) is 0 Å². The van der Waals surface area contributed by atoms with Gasteiger partial charge in [-0.05, 0) is 37.3 Å². The third kappa shape index (κ3) is 4.37.